The summed E-state index contributed by atoms with van der Waals surface area (Å²) in [5.74, 6) is 0. The van der Waals surface area contributed by atoms with Gasteiger partial charge >= 0.3 is 0 Å². The normalized spacial score (nSPS) is 10.9. The molecule has 102 valence electrons. The summed E-state index contributed by atoms with van der Waals surface area (Å²) in [6.45, 7) is 5.22. The van der Waals surface area contributed by atoms with E-state index in [1.54, 1.807) is 0 Å². The summed E-state index contributed by atoms with van der Waals surface area (Å²) in [7, 11) is 1.98. The minimum atomic E-state index is 0.878. The maximum atomic E-state index is 4.78. The first-order valence-corrected chi connectivity index (χ1v) is 7.50. The number of benzene rings is 1. The molecule has 1 N–H and O–H groups in total. The molecule has 0 unspecified atom stereocenters. The number of nitrogens with zero attached hydrogens (tertiary/aromatic N) is 2. The average Bonchev–Trinajstić information content (AvgIpc) is 2.78. The van der Waals surface area contributed by atoms with E-state index in [4.69, 9.17) is 5.10 Å². The molecule has 0 amide bonds. The summed E-state index contributed by atoms with van der Waals surface area (Å²) in [5.41, 5.74) is 4.95. The molecular formula is C15H20BrN3. The monoisotopic (exact) mass is 321 g/mol. The van der Waals surface area contributed by atoms with E-state index in [1.165, 1.54) is 17.0 Å². The zero-order valence-electron chi connectivity index (χ0n) is 11.7. The quantitative estimate of drug-likeness (QED) is 0.913. The molecule has 1 aromatic heterocycles. The van der Waals surface area contributed by atoms with Crippen molar-refractivity contribution in [2.45, 2.75) is 33.2 Å². The van der Waals surface area contributed by atoms with Gasteiger partial charge in [0, 0.05) is 22.3 Å². The van der Waals surface area contributed by atoms with Crippen molar-refractivity contribution in [3.05, 3.63) is 45.7 Å². The van der Waals surface area contributed by atoms with Gasteiger partial charge < -0.3 is 5.32 Å². The van der Waals surface area contributed by atoms with E-state index in [0.717, 1.165) is 29.5 Å². The van der Waals surface area contributed by atoms with Crippen molar-refractivity contribution in [3.63, 3.8) is 0 Å². The molecule has 0 fully saturated rings. The van der Waals surface area contributed by atoms with Gasteiger partial charge in [-0.05, 0) is 44.2 Å². The van der Waals surface area contributed by atoms with Crippen LogP contribution >= 0.6 is 15.9 Å². The first kappa shape index (κ1) is 14.3. The van der Waals surface area contributed by atoms with Crippen LogP contribution in [0.5, 0.6) is 0 Å². The maximum Gasteiger partial charge on any atom is 0.0674 e. The summed E-state index contributed by atoms with van der Waals surface area (Å²) < 4.78 is 3.17. The van der Waals surface area contributed by atoms with E-state index in [0.29, 0.717) is 0 Å². The van der Waals surface area contributed by atoms with Gasteiger partial charge in [0.05, 0.1) is 11.4 Å². The van der Waals surface area contributed by atoms with Crippen molar-refractivity contribution in [2.75, 3.05) is 7.05 Å². The van der Waals surface area contributed by atoms with Crippen molar-refractivity contribution in [3.8, 4) is 5.69 Å². The maximum absolute atomic E-state index is 4.78. The fraction of sp³-hybridized carbons (Fsp3) is 0.400. The van der Waals surface area contributed by atoms with Crippen LogP contribution < -0.4 is 5.32 Å². The Kier molecular flexibility index (Phi) is 4.77. The molecule has 0 bridgehead atoms. The highest BCUT2D eigenvalue weighted by atomic mass is 79.9. The average molecular weight is 322 g/mol. The highest BCUT2D eigenvalue weighted by Crippen LogP contribution is 2.21. The highest BCUT2D eigenvalue weighted by Gasteiger charge is 2.15. The first-order chi connectivity index (χ1) is 9.21. The summed E-state index contributed by atoms with van der Waals surface area (Å²) >= 11 is 3.47. The molecule has 0 aliphatic rings. The SMILES string of the molecule is CCc1nn(-c2ccc(Br)cc2)c(CC)c1CNC. The lowest BCUT2D eigenvalue weighted by molar-refractivity contribution is 0.779. The summed E-state index contributed by atoms with van der Waals surface area (Å²) in [4.78, 5) is 0. The van der Waals surface area contributed by atoms with Crippen molar-refractivity contribution >= 4 is 15.9 Å². The Morgan fingerprint density at radius 3 is 2.37 bits per heavy atom. The van der Waals surface area contributed by atoms with Crippen LogP contribution in [0, 0.1) is 0 Å². The minimum absolute atomic E-state index is 0.878. The minimum Gasteiger partial charge on any atom is -0.316 e. The Morgan fingerprint density at radius 2 is 1.84 bits per heavy atom. The lowest BCUT2D eigenvalue weighted by atomic mass is 10.1. The molecule has 0 spiro atoms. The van der Waals surface area contributed by atoms with Crippen LogP contribution in [0.15, 0.2) is 28.7 Å². The number of nitrogens with one attached hydrogen (secondary N) is 1. The fourth-order valence-corrected chi connectivity index (χ4v) is 2.62. The summed E-state index contributed by atoms with van der Waals surface area (Å²) in [6.07, 6.45) is 1.95. The van der Waals surface area contributed by atoms with Gasteiger partial charge in [-0.2, -0.15) is 5.10 Å². The zero-order chi connectivity index (χ0) is 13.8. The lowest BCUT2D eigenvalue weighted by Crippen LogP contribution is -2.09. The Morgan fingerprint density at radius 1 is 1.16 bits per heavy atom. The van der Waals surface area contributed by atoms with E-state index >= 15 is 0 Å². The van der Waals surface area contributed by atoms with Crippen LogP contribution in [-0.2, 0) is 19.4 Å². The fourth-order valence-electron chi connectivity index (χ4n) is 2.36. The molecule has 2 aromatic rings. The van der Waals surface area contributed by atoms with E-state index in [-0.39, 0.29) is 0 Å². The van der Waals surface area contributed by atoms with Crippen molar-refractivity contribution in [1.82, 2.24) is 15.1 Å². The van der Waals surface area contributed by atoms with Gasteiger partial charge in [0.25, 0.3) is 0 Å². The Bertz CT molecular complexity index is 543. The van der Waals surface area contributed by atoms with Gasteiger partial charge in [0.15, 0.2) is 0 Å². The van der Waals surface area contributed by atoms with E-state index in [9.17, 15) is 0 Å². The molecule has 0 saturated carbocycles. The topological polar surface area (TPSA) is 29.9 Å². The van der Waals surface area contributed by atoms with Crippen LogP contribution in [0.25, 0.3) is 5.69 Å². The van der Waals surface area contributed by atoms with E-state index in [1.807, 2.05) is 7.05 Å². The number of rotatable bonds is 5. The highest BCUT2D eigenvalue weighted by molar-refractivity contribution is 9.10. The Hall–Kier alpha value is -1.13. The third-order valence-electron chi connectivity index (χ3n) is 3.27. The molecule has 1 aromatic carbocycles. The van der Waals surface area contributed by atoms with Gasteiger partial charge in [0.2, 0.25) is 0 Å². The number of halogens is 1. The largest absolute Gasteiger partial charge is 0.316 e. The lowest BCUT2D eigenvalue weighted by Gasteiger charge is -2.08. The van der Waals surface area contributed by atoms with Crippen LogP contribution in [-0.4, -0.2) is 16.8 Å². The Balaban J connectivity index is 2.53. The predicted molar refractivity (Wildman–Crippen MR) is 82.8 cm³/mol. The molecule has 0 aliphatic carbocycles. The second-order valence-electron chi connectivity index (χ2n) is 4.50. The van der Waals surface area contributed by atoms with Gasteiger partial charge in [-0.1, -0.05) is 29.8 Å². The molecule has 3 nitrogen and oxygen atoms in total. The van der Waals surface area contributed by atoms with Gasteiger partial charge in [0.1, 0.15) is 0 Å². The molecule has 0 radical (unpaired) electrons. The number of aryl methyl sites for hydroxylation is 1. The van der Waals surface area contributed by atoms with Crippen LogP contribution in [0.1, 0.15) is 30.8 Å². The van der Waals surface area contributed by atoms with Crippen LogP contribution in [0.3, 0.4) is 0 Å². The number of hydrogen-bond acceptors (Lipinski definition) is 2. The van der Waals surface area contributed by atoms with Gasteiger partial charge in [-0.3, -0.25) is 0 Å². The molecule has 2 rings (SSSR count). The van der Waals surface area contributed by atoms with Crippen molar-refractivity contribution in [1.29, 1.82) is 0 Å². The molecule has 0 aliphatic heterocycles. The smallest absolute Gasteiger partial charge is 0.0674 e. The summed E-state index contributed by atoms with van der Waals surface area (Å²) in [5, 5.41) is 8.03. The third kappa shape index (κ3) is 2.90. The Labute approximate surface area is 123 Å². The molecule has 1 heterocycles. The van der Waals surface area contributed by atoms with Crippen molar-refractivity contribution < 1.29 is 0 Å². The van der Waals surface area contributed by atoms with Crippen LogP contribution in [0.4, 0.5) is 0 Å². The standard InChI is InChI=1S/C15H20BrN3/c1-4-14-13(10-17-3)15(5-2)19(18-14)12-8-6-11(16)7-9-12/h6-9,17H,4-5,10H2,1-3H3. The molecule has 4 heteroatoms. The molecular weight excluding hydrogens is 302 g/mol. The third-order valence-corrected chi connectivity index (χ3v) is 3.80. The predicted octanol–water partition coefficient (Wildman–Crippen LogP) is 3.48. The number of aromatic nitrogens is 2. The van der Waals surface area contributed by atoms with Gasteiger partial charge in [-0.15, -0.1) is 0 Å². The van der Waals surface area contributed by atoms with Crippen LogP contribution in [0.2, 0.25) is 0 Å². The number of hydrogen-bond donors (Lipinski definition) is 1. The zero-order valence-corrected chi connectivity index (χ0v) is 13.3. The van der Waals surface area contributed by atoms with Crippen molar-refractivity contribution in [2.24, 2.45) is 0 Å². The summed E-state index contributed by atoms with van der Waals surface area (Å²) in [6, 6.07) is 8.30. The first-order valence-electron chi connectivity index (χ1n) is 6.71. The van der Waals surface area contributed by atoms with E-state index < -0.39 is 0 Å². The second kappa shape index (κ2) is 6.35. The second-order valence-corrected chi connectivity index (χ2v) is 5.41. The molecule has 19 heavy (non-hydrogen) atoms. The molecule has 0 saturated heterocycles. The molecule has 0 atom stereocenters. The van der Waals surface area contributed by atoms with Gasteiger partial charge in [-0.25, -0.2) is 4.68 Å². The van der Waals surface area contributed by atoms with E-state index in [2.05, 4.69) is 64.0 Å².